The number of nitrogens with zero attached hydrogens (tertiary/aromatic N) is 2. The molecule has 134 valence electrons. The fraction of sp³-hybridized carbons (Fsp3) is 0.294. The first-order valence-corrected chi connectivity index (χ1v) is 10.1. The summed E-state index contributed by atoms with van der Waals surface area (Å²) in [6, 6.07) is 6.97. The molecule has 26 heavy (non-hydrogen) atoms. The van der Waals surface area contributed by atoms with Crippen molar-refractivity contribution in [2.75, 3.05) is 17.6 Å². The smallest absolute Gasteiger partial charge is 0.256 e. The Balaban J connectivity index is 1.32. The molecule has 1 saturated heterocycles. The first-order chi connectivity index (χ1) is 12.6. The monoisotopic (exact) mass is 388 g/mol. The zero-order valence-corrected chi connectivity index (χ0v) is 15.3. The number of carbonyl (C=O) groups is 3. The van der Waals surface area contributed by atoms with E-state index in [-0.39, 0.29) is 36.1 Å². The summed E-state index contributed by atoms with van der Waals surface area (Å²) in [5.41, 5.74) is 1.64. The summed E-state index contributed by atoms with van der Waals surface area (Å²) in [4.78, 5) is 42.6. The summed E-state index contributed by atoms with van der Waals surface area (Å²) in [5.74, 6) is 0.0334. The van der Waals surface area contributed by atoms with Crippen LogP contribution >= 0.6 is 23.1 Å². The van der Waals surface area contributed by atoms with Gasteiger partial charge in [-0.05, 0) is 11.6 Å². The summed E-state index contributed by atoms with van der Waals surface area (Å²) >= 11 is 2.94. The third kappa shape index (κ3) is 3.08. The molecule has 1 fully saturated rings. The minimum absolute atomic E-state index is 0.0948. The number of thioether (sulfide) groups is 1. The van der Waals surface area contributed by atoms with Crippen molar-refractivity contribution in [2.24, 2.45) is 0 Å². The Bertz CT molecular complexity index is 855. The average Bonchev–Trinajstić information content (AvgIpc) is 3.34. The quantitative estimate of drug-likeness (QED) is 0.816. The van der Waals surface area contributed by atoms with Crippen LogP contribution in [0.4, 0.5) is 5.13 Å². The molecule has 0 bridgehead atoms. The summed E-state index contributed by atoms with van der Waals surface area (Å²) in [5, 5.41) is 7.66. The summed E-state index contributed by atoms with van der Waals surface area (Å²) < 4.78 is 0. The van der Waals surface area contributed by atoms with Gasteiger partial charge in [0.1, 0.15) is 11.4 Å². The molecule has 0 radical (unpaired) electrons. The van der Waals surface area contributed by atoms with Crippen LogP contribution in [0, 0.1) is 0 Å². The van der Waals surface area contributed by atoms with Crippen LogP contribution in [0.15, 0.2) is 35.8 Å². The Hall–Kier alpha value is -2.39. The fourth-order valence-corrected chi connectivity index (χ4v) is 5.14. The molecule has 0 aliphatic carbocycles. The van der Waals surface area contributed by atoms with Gasteiger partial charge in [0.15, 0.2) is 5.13 Å². The second kappa shape index (κ2) is 7.08. The third-order valence-corrected chi connectivity index (χ3v) is 6.32. The van der Waals surface area contributed by atoms with Gasteiger partial charge in [-0.1, -0.05) is 18.2 Å². The largest absolute Gasteiger partial charge is 0.354 e. The maximum atomic E-state index is 12.6. The van der Waals surface area contributed by atoms with Crippen molar-refractivity contribution < 1.29 is 14.4 Å². The summed E-state index contributed by atoms with van der Waals surface area (Å²) in [7, 11) is 0. The van der Waals surface area contributed by atoms with Gasteiger partial charge < -0.3 is 15.5 Å². The number of carbonyl (C=O) groups excluding carboxylic acids is 3. The van der Waals surface area contributed by atoms with Crippen LogP contribution in [0.3, 0.4) is 0 Å². The molecule has 2 aromatic rings. The van der Waals surface area contributed by atoms with Gasteiger partial charge in [-0.3, -0.25) is 14.4 Å². The van der Waals surface area contributed by atoms with Gasteiger partial charge in [0.05, 0.1) is 0 Å². The minimum atomic E-state index is -0.507. The van der Waals surface area contributed by atoms with E-state index in [0.717, 1.165) is 5.56 Å². The van der Waals surface area contributed by atoms with E-state index in [1.165, 1.54) is 11.3 Å². The number of anilines is 1. The first-order valence-electron chi connectivity index (χ1n) is 8.15. The van der Waals surface area contributed by atoms with Crippen molar-refractivity contribution in [1.29, 1.82) is 0 Å². The summed E-state index contributed by atoms with van der Waals surface area (Å²) in [6.07, 6.45) is 1.77. The number of hydrogen-bond donors (Lipinski definition) is 2. The van der Waals surface area contributed by atoms with E-state index in [1.54, 1.807) is 34.3 Å². The van der Waals surface area contributed by atoms with Crippen molar-refractivity contribution in [3.8, 4) is 0 Å². The molecule has 3 heterocycles. The molecular weight excluding hydrogens is 372 g/mol. The molecule has 2 aliphatic heterocycles. The van der Waals surface area contributed by atoms with Crippen LogP contribution in [-0.4, -0.2) is 45.9 Å². The number of nitrogens with one attached hydrogen (secondary N) is 2. The van der Waals surface area contributed by atoms with Gasteiger partial charge in [0, 0.05) is 35.9 Å². The molecule has 2 N–H and O–H groups in total. The Kier molecular flexibility index (Phi) is 4.64. The lowest BCUT2D eigenvalue weighted by Gasteiger charge is -2.22. The van der Waals surface area contributed by atoms with Crippen LogP contribution in [0.1, 0.15) is 27.7 Å². The van der Waals surface area contributed by atoms with Crippen LogP contribution in [-0.2, 0) is 9.59 Å². The van der Waals surface area contributed by atoms with Crippen LogP contribution in [0.5, 0.6) is 0 Å². The van der Waals surface area contributed by atoms with E-state index in [9.17, 15) is 14.4 Å². The Morgan fingerprint density at radius 1 is 1.31 bits per heavy atom. The van der Waals surface area contributed by atoms with Gasteiger partial charge in [-0.2, -0.15) is 0 Å². The highest BCUT2D eigenvalue weighted by Gasteiger charge is 2.48. The standard InChI is InChI=1S/C17H16N4O3S2/c22-13(20-17-19-7-8-25-17)5-6-18-14(23)12-9-26-16-11-4-2-1-3-10(11)15(24)21(12)16/h1-4,7-8,12,16H,5-6,9H2,(H,18,23)(H,19,20,22)/t12-,16?/m0/s1. The Labute approximate surface area is 158 Å². The van der Waals surface area contributed by atoms with E-state index >= 15 is 0 Å². The van der Waals surface area contributed by atoms with Gasteiger partial charge in [-0.15, -0.1) is 23.1 Å². The lowest BCUT2D eigenvalue weighted by Crippen LogP contribution is -2.46. The first kappa shape index (κ1) is 17.0. The van der Waals surface area contributed by atoms with Crippen molar-refractivity contribution in [1.82, 2.24) is 15.2 Å². The zero-order chi connectivity index (χ0) is 18.1. The van der Waals surface area contributed by atoms with Gasteiger partial charge in [-0.25, -0.2) is 4.98 Å². The van der Waals surface area contributed by atoms with E-state index in [4.69, 9.17) is 0 Å². The maximum Gasteiger partial charge on any atom is 0.256 e. The van der Waals surface area contributed by atoms with Crippen LogP contribution in [0.2, 0.25) is 0 Å². The number of amides is 3. The molecule has 2 atom stereocenters. The Morgan fingerprint density at radius 3 is 2.96 bits per heavy atom. The fourth-order valence-electron chi connectivity index (χ4n) is 3.13. The molecule has 9 heteroatoms. The highest BCUT2D eigenvalue weighted by molar-refractivity contribution is 7.99. The predicted octanol–water partition coefficient (Wildman–Crippen LogP) is 1.86. The lowest BCUT2D eigenvalue weighted by atomic mass is 10.1. The molecule has 3 amide bonds. The lowest BCUT2D eigenvalue weighted by molar-refractivity contribution is -0.124. The number of thiazole rings is 1. The van der Waals surface area contributed by atoms with Crippen molar-refractivity contribution in [3.05, 3.63) is 47.0 Å². The minimum Gasteiger partial charge on any atom is -0.354 e. The number of hydrogen-bond acceptors (Lipinski definition) is 6. The molecule has 1 aromatic carbocycles. The molecule has 1 unspecified atom stereocenters. The van der Waals surface area contributed by atoms with Gasteiger partial charge >= 0.3 is 0 Å². The molecule has 1 aromatic heterocycles. The number of benzene rings is 1. The second-order valence-corrected chi connectivity index (χ2v) is 7.94. The third-order valence-electron chi connectivity index (χ3n) is 4.32. The molecule has 0 saturated carbocycles. The normalized spacial score (nSPS) is 20.6. The molecule has 2 aliphatic rings. The van der Waals surface area contributed by atoms with E-state index < -0.39 is 6.04 Å². The van der Waals surface area contributed by atoms with Crippen LogP contribution in [0.25, 0.3) is 0 Å². The molecular formula is C17H16N4O3S2. The Morgan fingerprint density at radius 2 is 2.15 bits per heavy atom. The number of fused-ring (bicyclic) bond motifs is 3. The molecule has 0 spiro atoms. The second-order valence-electron chi connectivity index (χ2n) is 5.93. The maximum absolute atomic E-state index is 12.6. The SMILES string of the molecule is O=C(CCNC(=O)[C@@H]1CSC2c3ccccc3C(=O)N21)Nc1nccs1. The number of rotatable bonds is 5. The van der Waals surface area contributed by atoms with E-state index in [1.807, 2.05) is 18.2 Å². The highest BCUT2D eigenvalue weighted by atomic mass is 32.2. The number of aromatic nitrogens is 1. The molecule has 7 nitrogen and oxygen atoms in total. The van der Waals surface area contributed by atoms with Gasteiger partial charge in [0.25, 0.3) is 5.91 Å². The highest BCUT2D eigenvalue weighted by Crippen LogP contribution is 2.47. The van der Waals surface area contributed by atoms with E-state index in [2.05, 4.69) is 15.6 Å². The van der Waals surface area contributed by atoms with Crippen molar-refractivity contribution in [2.45, 2.75) is 17.8 Å². The zero-order valence-electron chi connectivity index (χ0n) is 13.7. The summed E-state index contributed by atoms with van der Waals surface area (Å²) in [6.45, 7) is 0.219. The average molecular weight is 388 g/mol. The van der Waals surface area contributed by atoms with E-state index in [0.29, 0.717) is 16.4 Å². The van der Waals surface area contributed by atoms with Crippen molar-refractivity contribution in [3.63, 3.8) is 0 Å². The predicted molar refractivity (Wildman–Crippen MR) is 100.0 cm³/mol. The van der Waals surface area contributed by atoms with Gasteiger partial charge in [0.2, 0.25) is 11.8 Å². The van der Waals surface area contributed by atoms with Crippen LogP contribution < -0.4 is 10.6 Å². The molecule has 4 rings (SSSR count). The topological polar surface area (TPSA) is 91.4 Å². The van der Waals surface area contributed by atoms with Crippen molar-refractivity contribution >= 4 is 46.0 Å².